The van der Waals surface area contributed by atoms with Gasteiger partial charge in [-0.3, -0.25) is 9.59 Å². The van der Waals surface area contributed by atoms with E-state index in [9.17, 15) is 14.0 Å². The van der Waals surface area contributed by atoms with Gasteiger partial charge in [-0.05, 0) is 25.1 Å². The number of nitrogens with zero attached hydrogens (tertiary/aromatic N) is 1. The summed E-state index contributed by atoms with van der Waals surface area (Å²) in [6.45, 7) is 2.20. The predicted molar refractivity (Wildman–Crippen MR) is 84.1 cm³/mol. The molecule has 4 atom stereocenters. The van der Waals surface area contributed by atoms with Crippen LogP contribution in [0.4, 0.5) is 10.1 Å². The smallest absolute Gasteiger partial charge is 0.312 e. The summed E-state index contributed by atoms with van der Waals surface area (Å²) in [7, 11) is 0. The Hall–Kier alpha value is -1.92. The Kier molecular flexibility index (Phi) is 3.44. The van der Waals surface area contributed by atoms with Crippen LogP contribution in [-0.4, -0.2) is 36.7 Å². The zero-order valence-electron chi connectivity index (χ0n) is 12.9. The number of benzene rings is 1. The first kappa shape index (κ1) is 15.6. The van der Waals surface area contributed by atoms with E-state index in [1.54, 1.807) is 19.1 Å². The van der Waals surface area contributed by atoms with E-state index in [1.165, 1.54) is 17.0 Å². The second kappa shape index (κ2) is 5.29. The Labute approximate surface area is 143 Å². The van der Waals surface area contributed by atoms with Gasteiger partial charge in [0.2, 0.25) is 5.91 Å². The van der Waals surface area contributed by atoms with Gasteiger partial charge in [0.05, 0.1) is 30.2 Å². The van der Waals surface area contributed by atoms with E-state index in [1.807, 2.05) is 6.08 Å². The number of hydrogen-bond donors (Lipinski definition) is 0. The molecule has 0 N–H and O–H groups in total. The summed E-state index contributed by atoms with van der Waals surface area (Å²) in [4.78, 5) is 26.7. The van der Waals surface area contributed by atoms with Gasteiger partial charge in [-0.2, -0.15) is 0 Å². The zero-order valence-corrected chi connectivity index (χ0v) is 13.6. The lowest BCUT2D eigenvalue weighted by Gasteiger charge is -2.22. The number of ether oxygens (including phenoxy) is 2. The molecule has 2 saturated heterocycles. The SMILES string of the molecule is CCOC(=O)[C@H]1[C@H]2C(=O)N(c3ccc(Cl)c(F)c3)C[C@]23C=C[C@H]1O3. The van der Waals surface area contributed by atoms with Crippen LogP contribution in [0.25, 0.3) is 0 Å². The molecule has 2 bridgehead atoms. The molecule has 5 nitrogen and oxygen atoms in total. The molecule has 0 saturated carbocycles. The van der Waals surface area contributed by atoms with Gasteiger partial charge >= 0.3 is 5.97 Å². The third kappa shape index (κ3) is 2.03. The van der Waals surface area contributed by atoms with Gasteiger partial charge in [-0.1, -0.05) is 23.8 Å². The molecule has 126 valence electrons. The van der Waals surface area contributed by atoms with E-state index in [4.69, 9.17) is 21.1 Å². The van der Waals surface area contributed by atoms with Crippen molar-refractivity contribution in [3.05, 3.63) is 41.2 Å². The van der Waals surface area contributed by atoms with Crippen molar-refractivity contribution in [2.45, 2.75) is 18.6 Å². The van der Waals surface area contributed by atoms with Crippen molar-refractivity contribution in [3.63, 3.8) is 0 Å². The van der Waals surface area contributed by atoms with Crippen molar-refractivity contribution in [1.29, 1.82) is 0 Å². The van der Waals surface area contributed by atoms with Crippen molar-refractivity contribution >= 4 is 29.2 Å². The van der Waals surface area contributed by atoms with Crippen molar-refractivity contribution in [2.24, 2.45) is 11.8 Å². The fourth-order valence-corrected chi connectivity index (χ4v) is 3.99. The summed E-state index contributed by atoms with van der Waals surface area (Å²) in [6.07, 6.45) is 3.20. The lowest BCUT2D eigenvalue weighted by Crippen LogP contribution is -2.40. The van der Waals surface area contributed by atoms with E-state index in [0.29, 0.717) is 5.69 Å². The van der Waals surface area contributed by atoms with Crippen molar-refractivity contribution in [3.8, 4) is 0 Å². The Morgan fingerprint density at radius 2 is 2.33 bits per heavy atom. The van der Waals surface area contributed by atoms with Crippen molar-refractivity contribution < 1.29 is 23.5 Å². The highest BCUT2D eigenvalue weighted by Gasteiger charge is 2.67. The average molecular weight is 352 g/mol. The maximum absolute atomic E-state index is 13.8. The number of rotatable bonds is 3. The average Bonchev–Trinajstić information content (AvgIpc) is 3.19. The summed E-state index contributed by atoms with van der Waals surface area (Å²) in [5.74, 6) is -2.60. The van der Waals surface area contributed by atoms with Crippen LogP contribution in [0.15, 0.2) is 30.4 Å². The minimum atomic E-state index is -0.852. The molecule has 4 rings (SSSR count). The van der Waals surface area contributed by atoms with Gasteiger partial charge in [0.15, 0.2) is 0 Å². The fraction of sp³-hybridized carbons (Fsp3) is 0.412. The van der Waals surface area contributed by atoms with Crippen LogP contribution in [0, 0.1) is 17.7 Å². The molecule has 0 radical (unpaired) electrons. The maximum atomic E-state index is 13.8. The summed E-state index contributed by atoms with van der Waals surface area (Å²) in [5, 5.41) is -0.00905. The van der Waals surface area contributed by atoms with Crippen molar-refractivity contribution in [2.75, 3.05) is 18.1 Å². The van der Waals surface area contributed by atoms with Gasteiger partial charge in [0, 0.05) is 5.69 Å². The Balaban J connectivity index is 1.69. The van der Waals surface area contributed by atoms with E-state index in [0.717, 1.165) is 0 Å². The number of halogens is 2. The maximum Gasteiger partial charge on any atom is 0.312 e. The number of hydrogen-bond acceptors (Lipinski definition) is 4. The Morgan fingerprint density at radius 3 is 3.04 bits per heavy atom. The van der Waals surface area contributed by atoms with Crippen LogP contribution in [-0.2, 0) is 19.1 Å². The minimum Gasteiger partial charge on any atom is -0.466 e. The number of fused-ring (bicyclic) bond motifs is 1. The predicted octanol–water partition coefficient (Wildman–Crippen LogP) is 2.33. The quantitative estimate of drug-likeness (QED) is 0.619. The first-order valence-corrected chi connectivity index (χ1v) is 8.15. The van der Waals surface area contributed by atoms with E-state index in [-0.39, 0.29) is 24.1 Å². The first-order valence-electron chi connectivity index (χ1n) is 7.77. The van der Waals surface area contributed by atoms with Gasteiger partial charge in [-0.25, -0.2) is 4.39 Å². The minimum absolute atomic E-state index is 0.00905. The highest BCUT2D eigenvalue weighted by Crippen LogP contribution is 2.53. The van der Waals surface area contributed by atoms with Crippen LogP contribution in [0.3, 0.4) is 0 Å². The molecule has 1 amide bonds. The molecule has 3 heterocycles. The van der Waals surface area contributed by atoms with Crippen LogP contribution >= 0.6 is 11.6 Å². The number of anilines is 1. The summed E-state index contributed by atoms with van der Waals surface area (Å²) >= 11 is 5.70. The molecule has 3 aliphatic rings. The second-order valence-corrected chi connectivity index (χ2v) is 6.58. The molecule has 24 heavy (non-hydrogen) atoms. The van der Waals surface area contributed by atoms with Gasteiger partial charge in [-0.15, -0.1) is 0 Å². The standard InChI is InChI=1S/C17H15ClFNO4/c1-2-23-16(22)13-12-5-6-17(24-12)8-20(15(21)14(13)17)9-3-4-10(18)11(19)7-9/h3-7,12-14H,2,8H2,1H3/t12-,13-,14+,17-/m1/s1. The van der Waals surface area contributed by atoms with Crippen LogP contribution < -0.4 is 4.90 Å². The molecule has 0 unspecified atom stereocenters. The molecule has 1 spiro atoms. The first-order chi connectivity index (χ1) is 11.5. The number of esters is 1. The summed E-state index contributed by atoms with van der Waals surface area (Å²) in [6, 6.07) is 4.20. The highest BCUT2D eigenvalue weighted by atomic mass is 35.5. The van der Waals surface area contributed by atoms with Crippen LogP contribution in [0.1, 0.15) is 6.92 Å². The Morgan fingerprint density at radius 1 is 1.54 bits per heavy atom. The second-order valence-electron chi connectivity index (χ2n) is 6.17. The molecular weight excluding hydrogens is 337 g/mol. The molecule has 7 heteroatoms. The molecule has 1 aromatic carbocycles. The lowest BCUT2D eigenvalue weighted by molar-refractivity contribution is -0.151. The topological polar surface area (TPSA) is 55.8 Å². The Bertz CT molecular complexity index is 767. The molecule has 3 aliphatic heterocycles. The highest BCUT2D eigenvalue weighted by molar-refractivity contribution is 6.30. The van der Waals surface area contributed by atoms with E-state index < -0.39 is 35.3 Å². The lowest BCUT2D eigenvalue weighted by atomic mass is 9.77. The van der Waals surface area contributed by atoms with E-state index >= 15 is 0 Å². The van der Waals surface area contributed by atoms with Crippen molar-refractivity contribution in [1.82, 2.24) is 0 Å². The third-order valence-corrected chi connectivity index (χ3v) is 5.18. The van der Waals surface area contributed by atoms with Gasteiger partial charge < -0.3 is 14.4 Å². The fourth-order valence-electron chi connectivity index (χ4n) is 3.88. The number of amides is 1. The van der Waals surface area contributed by atoms with Crippen LogP contribution in [0.5, 0.6) is 0 Å². The number of carbonyl (C=O) groups is 2. The zero-order chi connectivity index (χ0) is 17.1. The molecular formula is C17H15ClFNO4. The largest absolute Gasteiger partial charge is 0.466 e. The summed E-state index contributed by atoms with van der Waals surface area (Å²) in [5.41, 5.74) is -0.455. The molecule has 1 aromatic rings. The van der Waals surface area contributed by atoms with Gasteiger partial charge in [0.25, 0.3) is 0 Å². The monoisotopic (exact) mass is 351 g/mol. The van der Waals surface area contributed by atoms with Crippen LogP contribution in [0.2, 0.25) is 5.02 Å². The molecule has 0 aromatic heterocycles. The number of carbonyl (C=O) groups excluding carboxylic acids is 2. The normalized spacial score (nSPS) is 33.2. The van der Waals surface area contributed by atoms with Gasteiger partial charge in [0.1, 0.15) is 17.3 Å². The molecule has 2 fully saturated rings. The van der Waals surface area contributed by atoms with E-state index in [2.05, 4.69) is 0 Å². The summed E-state index contributed by atoms with van der Waals surface area (Å²) < 4.78 is 24.8. The third-order valence-electron chi connectivity index (χ3n) is 4.87. The molecule has 0 aliphatic carbocycles.